The zero-order valence-corrected chi connectivity index (χ0v) is 22.1. The molecule has 3 fully saturated rings. The molecule has 0 unspecified atom stereocenters. The fourth-order valence-corrected chi connectivity index (χ4v) is 6.37. The Morgan fingerprint density at radius 2 is 1.62 bits per heavy atom. The summed E-state index contributed by atoms with van der Waals surface area (Å²) in [5.74, 6) is 1.22. The van der Waals surface area contributed by atoms with E-state index < -0.39 is 0 Å². The summed E-state index contributed by atoms with van der Waals surface area (Å²) in [6, 6.07) is 7.16. The highest BCUT2D eigenvalue weighted by Gasteiger charge is 2.27. The third kappa shape index (κ3) is 4.89. The monoisotopic (exact) mass is 502 g/mol. The highest BCUT2D eigenvalue weighted by atomic mass is 16.2. The molecular formula is C28H38N8O. The maximum Gasteiger partial charge on any atom is 0.270 e. The second-order valence-corrected chi connectivity index (χ2v) is 11.0. The van der Waals surface area contributed by atoms with Gasteiger partial charge in [-0.05, 0) is 43.9 Å². The molecule has 37 heavy (non-hydrogen) atoms. The summed E-state index contributed by atoms with van der Waals surface area (Å²) in [7, 11) is 3.59. The van der Waals surface area contributed by atoms with E-state index in [2.05, 4.69) is 35.7 Å². The van der Waals surface area contributed by atoms with Crippen molar-refractivity contribution >= 4 is 34.4 Å². The van der Waals surface area contributed by atoms with Crippen LogP contribution in [0.3, 0.4) is 0 Å². The van der Waals surface area contributed by atoms with Gasteiger partial charge in [-0.3, -0.25) is 9.69 Å². The lowest BCUT2D eigenvalue weighted by atomic mass is 10.1. The molecule has 3 aromatic heterocycles. The van der Waals surface area contributed by atoms with E-state index in [4.69, 9.17) is 4.98 Å². The van der Waals surface area contributed by atoms with Gasteiger partial charge in [-0.1, -0.05) is 25.7 Å². The van der Waals surface area contributed by atoms with Crippen LogP contribution in [0.25, 0.3) is 11.0 Å². The molecule has 1 amide bonds. The molecule has 0 bridgehead atoms. The fraction of sp³-hybridized carbons (Fsp3) is 0.571. The first-order valence-corrected chi connectivity index (χ1v) is 13.9. The first kappa shape index (κ1) is 24.2. The third-order valence-electron chi connectivity index (χ3n) is 8.40. The molecule has 4 heterocycles. The second-order valence-electron chi connectivity index (χ2n) is 11.0. The Labute approximate surface area is 218 Å². The van der Waals surface area contributed by atoms with E-state index in [1.807, 2.05) is 18.3 Å². The Bertz CT molecular complexity index is 1230. The van der Waals surface area contributed by atoms with Gasteiger partial charge in [-0.15, -0.1) is 0 Å². The Kier molecular flexibility index (Phi) is 6.71. The van der Waals surface area contributed by atoms with E-state index in [-0.39, 0.29) is 5.91 Å². The van der Waals surface area contributed by atoms with Gasteiger partial charge in [0, 0.05) is 63.9 Å². The van der Waals surface area contributed by atoms with Crippen LogP contribution in [-0.4, -0.2) is 81.5 Å². The summed E-state index contributed by atoms with van der Waals surface area (Å²) in [5, 5.41) is 4.17. The number of aromatic nitrogens is 4. The smallest absolute Gasteiger partial charge is 0.270 e. The molecule has 9 nitrogen and oxygen atoms in total. The van der Waals surface area contributed by atoms with Crippen LogP contribution in [0.15, 0.2) is 30.6 Å². The summed E-state index contributed by atoms with van der Waals surface area (Å²) in [5.41, 5.74) is 2.66. The van der Waals surface area contributed by atoms with Crippen LogP contribution in [0.1, 0.15) is 67.9 Å². The topological polar surface area (TPSA) is 82.4 Å². The Morgan fingerprint density at radius 3 is 2.27 bits per heavy atom. The first-order valence-electron chi connectivity index (χ1n) is 13.9. The SMILES string of the molecule is CN(C)C(=O)c1cc2cnc(Nc3ccc(N4CCN(C5CCCC5)CC4)cn3)nc2n1C1CCCC1. The molecule has 2 aliphatic carbocycles. The van der Waals surface area contributed by atoms with Gasteiger partial charge in [0.15, 0.2) is 0 Å². The Balaban J connectivity index is 1.17. The Morgan fingerprint density at radius 1 is 0.919 bits per heavy atom. The molecular weight excluding hydrogens is 464 g/mol. The Hall–Kier alpha value is -3.20. The van der Waals surface area contributed by atoms with Crippen molar-refractivity contribution in [3.63, 3.8) is 0 Å². The minimum absolute atomic E-state index is 0.000686. The molecule has 3 aromatic rings. The number of nitrogens with one attached hydrogen (secondary N) is 1. The van der Waals surface area contributed by atoms with Crippen LogP contribution >= 0.6 is 0 Å². The summed E-state index contributed by atoms with van der Waals surface area (Å²) in [6.07, 6.45) is 13.8. The van der Waals surface area contributed by atoms with Crippen LogP contribution in [0.5, 0.6) is 0 Å². The number of hydrogen-bond donors (Lipinski definition) is 1. The third-order valence-corrected chi connectivity index (χ3v) is 8.40. The van der Waals surface area contributed by atoms with Crippen molar-refractivity contribution in [1.29, 1.82) is 0 Å². The number of pyridine rings is 1. The van der Waals surface area contributed by atoms with Crippen molar-refractivity contribution in [2.45, 2.75) is 63.5 Å². The van der Waals surface area contributed by atoms with Gasteiger partial charge < -0.3 is 19.7 Å². The molecule has 1 aliphatic heterocycles. The van der Waals surface area contributed by atoms with Crippen molar-refractivity contribution in [3.05, 3.63) is 36.3 Å². The van der Waals surface area contributed by atoms with Crippen LogP contribution in [0.2, 0.25) is 0 Å². The molecule has 6 rings (SSSR count). The van der Waals surface area contributed by atoms with Gasteiger partial charge >= 0.3 is 0 Å². The van der Waals surface area contributed by atoms with E-state index in [1.54, 1.807) is 25.2 Å². The number of carbonyl (C=O) groups excluding carboxylic acids is 1. The van der Waals surface area contributed by atoms with Crippen molar-refractivity contribution in [2.75, 3.05) is 50.5 Å². The molecule has 0 radical (unpaired) electrons. The zero-order valence-electron chi connectivity index (χ0n) is 22.1. The fourth-order valence-electron chi connectivity index (χ4n) is 6.37. The van der Waals surface area contributed by atoms with Gasteiger partial charge in [0.2, 0.25) is 5.95 Å². The van der Waals surface area contributed by atoms with Gasteiger partial charge in [0.25, 0.3) is 5.91 Å². The van der Waals surface area contributed by atoms with Gasteiger partial charge in [0.05, 0.1) is 11.9 Å². The average Bonchev–Trinajstić information content (AvgIpc) is 3.70. The predicted molar refractivity (Wildman–Crippen MR) is 147 cm³/mol. The van der Waals surface area contributed by atoms with Crippen LogP contribution in [-0.2, 0) is 0 Å². The van der Waals surface area contributed by atoms with Crippen molar-refractivity contribution in [1.82, 2.24) is 29.3 Å². The predicted octanol–water partition coefficient (Wildman–Crippen LogP) is 4.45. The lowest BCUT2D eigenvalue weighted by Crippen LogP contribution is -2.49. The van der Waals surface area contributed by atoms with Crippen molar-refractivity contribution in [2.24, 2.45) is 0 Å². The number of amides is 1. The number of nitrogens with zero attached hydrogens (tertiary/aromatic N) is 7. The lowest BCUT2D eigenvalue weighted by Gasteiger charge is -2.39. The highest BCUT2D eigenvalue weighted by Crippen LogP contribution is 2.35. The van der Waals surface area contributed by atoms with E-state index in [0.717, 1.165) is 67.6 Å². The molecule has 3 aliphatic rings. The summed E-state index contributed by atoms with van der Waals surface area (Å²) in [4.78, 5) is 33.7. The molecule has 196 valence electrons. The van der Waals surface area contributed by atoms with Crippen LogP contribution < -0.4 is 10.2 Å². The van der Waals surface area contributed by atoms with Gasteiger partial charge in [-0.2, -0.15) is 4.98 Å². The molecule has 0 spiro atoms. The second kappa shape index (κ2) is 10.3. The molecule has 1 N–H and O–H groups in total. The van der Waals surface area contributed by atoms with E-state index in [9.17, 15) is 4.79 Å². The van der Waals surface area contributed by atoms with Gasteiger partial charge in [0.1, 0.15) is 17.2 Å². The maximum atomic E-state index is 12.9. The summed E-state index contributed by atoms with van der Waals surface area (Å²) < 4.78 is 2.14. The van der Waals surface area contributed by atoms with Crippen molar-refractivity contribution < 1.29 is 4.79 Å². The number of fused-ring (bicyclic) bond motifs is 1. The van der Waals surface area contributed by atoms with Crippen molar-refractivity contribution in [3.8, 4) is 0 Å². The number of carbonyl (C=O) groups is 1. The normalized spacial score (nSPS) is 19.7. The zero-order chi connectivity index (χ0) is 25.4. The number of anilines is 3. The van der Waals surface area contributed by atoms with Gasteiger partial charge in [-0.25, -0.2) is 9.97 Å². The summed E-state index contributed by atoms with van der Waals surface area (Å²) in [6.45, 7) is 4.38. The molecule has 0 atom stereocenters. The molecule has 1 saturated heterocycles. The average molecular weight is 503 g/mol. The number of piperazine rings is 1. The first-order chi connectivity index (χ1) is 18.1. The number of hydrogen-bond acceptors (Lipinski definition) is 7. The summed E-state index contributed by atoms with van der Waals surface area (Å²) >= 11 is 0. The minimum atomic E-state index is 0.000686. The quantitative estimate of drug-likeness (QED) is 0.533. The highest BCUT2D eigenvalue weighted by molar-refractivity contribution is 5.97. The lowest BCUT2D eigenvalue weighted by molar-refractivity contribution is 0.0815. The largest absolute Gasteiger partial charge is 0.368 e. The van der Waals surface area contributed by atoms with E-state index in [1.165, 1.54) is 38.5 Å². The maximum absolute atomic E-state index is 12.9. The minimum Gasteiger partial charge on any atom is -0.368 e. The molecule has 9 heteroatoms. The van der Waals surface area contributed by atoms with E-state index in [0.29, 0.717) is 17.7 Å². The molecule has 0 aromatic carbocycles. The van der Waals surface area contributed by atoms with Crippen LogP contribution in [0, 0.1) is 0 Å². The molecule has 2 saturated carbocycles. The number of rotatable bonds is 6. The van der Waals surface area contributed by atoms with E-state index >= 15 is 0 Å². The standard InChI is InChI=1S/C28H38N8O/c1-33(2)27(37)24-17-20-18-30-28(32-26(20)36(24)22-9-5-6-10-22)31-25-12-11-23(19-29-25)35-15-13-34(14-16-35)21-7-3-4-8-21/h11-12,17-19,21-22H,3-10,13-16H2,1-2H3,(H,29,30,31,32). The van der Waals surface area contributed by atoms with Crippen LogP contribution in [0.4, 0.5) is 17.5 Å².